The first kappa shape index (κ1) is 13.8. The van der Waals surface area contributed by atoms with E-state index in [1.54, 1.807) is 11.8 Å². The minimum atomic E-state index is -3.13. The van der Waals surface area contributed by atoms with Gasteiger partial charge in [0, 0.05) is 12.3 Å². The van der Waals surface area contributed by atoms with Crippen molar-refractivity contribution in [3.05, 3.63) is 0 Å². The van der Waals surface area contributed by atoms with Crippen molar-refractivity contribution in [2.45, 2.75) is 18.1 Å². The average Bonchev–Trinajstić information content (AvgIpc) is 2.30. The van der Waals surface area contributed by atoms with Crippen molar-refractivity contribution in [3.63, 3.8) is 0 Å². The molecule has 2 N–H and O–H groups in total. The maximum atomic E-state index is 11.8. The molecule has 92 valence electrons. The monoisotopic (exact) mass is 262 g/mol. The smallest absolute Gasteiger partial charge is 0.214 e. The summed E-state index contributed by atoms with van der Waals surface area (Å²) < 4.78 is 26.3. The molecule has 0 aliphatic carbocycles. The van der Waals surface area contributed by atoms with Crippen LogP contribution in [0.2, 0.25) is 0 Å². The molecule has 0 unspecified atom stereocenters. The molecule has 1 saturated heterocycles. The lowest BCUT2D eigenvalue weighted by atomic mass is 10.2. The second-order valence-corrected chi connectivity index (χ2v) is 6.80. The second kappa shape index (κ2) is 7.17. The van der Waals surface area contributed by atoms with Gasteiger partial charge in [-0.1, -0.05) is 5.92 Å². The minimum Gasteiger partial charge on any atom is -0.317 e. The molecule has 6 heteroatoms. The molecule has 0 aromatic heterocycles. The van der Waals surface area contributed by atoms with Crippen LogP contribution in [0.15, 0.2) is 0 Å². The molecule has 0 radical (unpaired) electrons. The molecule has 0 saturated carbocycles. The number of sulfonamides is 1. The Labute approximate surface area is 102 Å². The molecular formula is C10H18N2O2S2. The number of thioether (sulfide) groups is 1. The summed E-state index contributed by atoms with van der Waals surface area (Å²) in [6, 6.07) is 0. The summed E-state index contributed by atoms with van der Waals surface area (Å²) in [5, 5.41) is 2.92. The fraction of sp³-hybridized carbons (Fsp3) is 0.800. The van der Waals surface area contributed by atoms with E-state index in [2.05, 4.69) is 16.0 Å². The third-order valence-electron chi connectivity index (χ3n) is 2.46. The zero-order chi connectivity index (χ0) is 11.9. The number of nitrogens with one attached hydrogen (secondary N) is 2. The van der Waals surface area contributed by atoms with E-state index in [0.29, 0.717) is 25.1 Å². The molecule has 1 aliphatic rings. The lowest BCUT2D eigenvalue weighted by Crippen LogP contribution is -2.42. The Morgan fingerprint density at radius 1 is 1.44 bits per heavy atom. The topological polar surface area (TPSA) is 58.2 Å². The predicted octanol–water partition coefficient (Wildman–Crippen LogP) is 0.0242. The summed E-state index contributed by atoms with van der Waals surface area (Å²) in [6.07, 6.45) is 6.50. The molecule has 0 aromatic rings. The second-order valence-electron chi connectivity index (χ2n) is 3.65. The largest absolute Gasteiger partial charge is 0.317 e. The normalized spacial score (nSPS) is 18.2. The van der Waals surface area contributed by atoms with Crippen molar-refractivity contribution in [1.82, 2.24) is 10.0 Å². The highest BCUT2D eigenvalue weighted by molar-refractivity contribution is 7.99. The van der Waals surface area contributed by atoms with E-state index in [9.17, 15) is 8.42 Å². The van der Waals surface area contributed by atoms with Gasteiger partial charge in [0.2, 0.25) is 10.0 Å². The Morgan fingerprint density at radius 3 is 2.75 bits per heavy atom. The van der Waals surface area contributed by atoms with E-state index in [0.717, 1.165) is 18.8 Å². The molecule has 0 bridgehead atoms. The molecule has 0 amide bonds. The Hall–Kier alpha value is -0.220. The SMILES string of the molecule is C#CCSCCNS(=O)(=O)C1CCNCC1. The first-order valence-corrected chi connectivity index (χ1v) is 8.07. The van der Waals surface area contributed by atoms with E-state index in [-0.39, 0.29) is 5.25 Å². The van der Waals surface area contributed by atoms with Gasteiger partial charge in [-0.05, 0) is 25.9 Å². The molecule has 0 aromatic carbocycles. The Bertz CT molecular complexity index is 329. The van der Waals surface area contributed by atoms with E-state index in [4.69, 9.17) is 6.42 Å². The van der Waals surface area contributed by atoms with Gasteiger partial charge in [0.05, 0.1) is 11.0 Å². The molecule has 1 rings (SSSR count). The van der Waals surface area contributed by atoms with Gasteiger partial charge >= 0.3 is 0 Å². The first-order chi connectivity index (χ1) is 7.67. The van der Waals surface area contributed by atoms with Gasteiger partial charge in [0.1, 0.15) is 0 Å². The van der Waals surface area contributed by atoms with Gasteiger partial charge in [-0.2, -0.15) is 0 Å². The standard InChI is InChI=1S/C10H18N2O2S2/c1-2-8-15-9-7-12-16(13,14)10-3-5-11-6-4-10/h1,10-12H,3-9H2. The van der Waals surface area contributed by atoms with Crippen molar-refractivity contribution in [2.75, 3.05) is 31.1 Å². The highest BCUT2D eigenvalue weighted by Gasteiger charge is 2.26. The molecule has 1 heterocycles. The summed E-state index contributed by atoms with van der Waals surface area (Å²) in [5.74, 6) is 3.87. The Morgan fingerprint density at radius 2 is 2.12 bits per heavy atom. The minimum absolute atomic E-state index is 0.230. The molecule has 1 aliphatic heterocycles. The number of hydrogen-bond donors (Lipinski definition) is 2. The molecule has 0 atom stereocenters. The summed E-state index contributed by atoms with van der Waals surface area (Å²) >= 11 is 1.57. The van der Waals surface area contributed by atoms with Gasteiger partial charge in [-0.25, -0.2) is 13.1 Å². The van der Waals surface area contributed by atoms with Crippen LogP contribution >= 0.6 is 11.8 Å². The van der Waals surface area contributed by atoms with Crippen LogP contribution in [0.1, 0.15) is 12.8 Å². The number of rotatable bonds is 6. The number of terminal acetylenes is 1. The first-order valence-electron chi connectivity index (χ1n) is 5.37. The fourth-order valence-electron chi connectivity index (χ4n) is 1.61. The van der Waals surface area contributed by atoms with Crippen LogP contribution in [-0.2, 0) is 10.0 Å². The lowest BCUT2D eigenvalue weighted by Gasteiger charge is -2.22. The van der Waals surface area contributed by atoms with Gasteiger partial charge in [0.25, 0.3) is 0 Å². The van der Waals surface area contributed by atoms with Crippen LogP contribution in [0, 0.1) is 12.3 Å². The zero-order valence-electron chi connectivity index (χ0n) is 9.24. The Balaban J connectivity index is 2.25. The molecule has 1 fully saturated rings. The van der Waals surface area contributed by atoms with Gasteiger partial charge < -0.3 is 5.32 Å². The van der Waals surface area contributed by atoms with Gasteiger partial charge in [-0.15, -0.1) is 18.2 Å². The maximum Gasteiger partial charge on any atom is 0.214 e. The third-order valence-corrected chi connectivity index (χ3v) is 5.28. The van der Waals surface area contributed by atoms with E-state index < -0.39 is 10.0 Å². The molecule has 4 nitrogen and oxygen atoms in total. The van der Waals surface area contributed by atoms with Gasteiger partial charge in [0.15, 0.2) is 0 Å². The highest BCUT2D eigenvalue weighted by Crippen LogP contribution is 2.11. The third kappa shape index (κ3) is 4.74. The number of piperidine rings is 1. The zero-order valence-corrected chi connectivity index (χ0v) is 10.9. The van der Waals surface area contributed by atoms with Crippen LogP contribution in [0.4, 0.5) is 0 Å². The van der Waals surface area contributed by atoms with Crippen molar-refractivity contribution in [3.8, 4) is 12.3 Å². The highest BCUT2D eigenvalue weighted by atomic mass is 32.2. The van der Waals surface area contributed by atoms with Gasteiger partial charge in [-0.3, -0.25) is 0 Å². The summed E-state index contributed by atoms with van der Waals surface area (Å²) in [6.45, 7) is 2.05. The lowest BCUT2D eigenvalue weighted by molar-refractivity contribution is 0.490. The quantitative estimate of drug-likeness (QED) is 0.523. The Kier molecular flexibility index (Phi) is 6.21. The molecule has 0 spiro atoms. The van der Waals surface area contributed by atoms with Crippen molar-refractivity contribution in [1.29, 1.82) is 0 Å². The summed E-state index contributed by atoms with van der Waals surface area (Å²) in [7, 11) is -3.13. The predicted molar refractivity (Wildman–Crippen MR) is 69.0 cm³/mol. The number of hydrogen-bond acceptors (Lipinski definition) is 4. The van der Waals surface area contributed by atoms with Crippen LogP contribution in [-0.4, -0.2) is 44.8 Å². The van der Waals surface area contributed by atoms with Crippen molar-refractivity contribution < 1.29 is 8.42 Å². The van der Waals surface area contributed by atoms with Crippen molar-refractivity contribution >= 4 is 21.8 Å². The summed E-state index contributed by atoms with van der Waals surface area (Å²) in [4.78, 5) is 0. The average molecular weight is 262 g/mol. The van der Waals surface area contributed by atoms with Crippen LogP contribution in [0.3, 0.4) is 0 Å². The fourth-order valence-corrected chi connectivity index (χ4v) is 3.73. The van der Waals surface area contributed by atoms with Crippen molar-refractivity contribution in [2.24, 2.45) is 0 Å². The van der Waals surface area contributed by atoms with E-state index in [1.807, 2.05) is 0 Å². The van der Waals surface area contributed by atoms with Crippen LogP contribution < -0.4 is 10.0 Å². The molecular weight excluding hydrogens is 244 g/mol. The van der Waals surface area contributed by atoms with Crippen LogP contribution in [0.25, 0.3) is 0 Å². The van der Waals surface area contributed by atoms with Crippen LogP contribution in [0.5, 0.6) is 0 Å². The van der Waals surface area contributed by atoms with E-state index >= 15 is 0 Å². The molecule has 16 heavy (non-hydrogen) atoms. The maximum absolute atomic E-state index is 11.8. The van der Waals surface area contributed by atoms with E-state index in [1.165, 1.54) is 0 Å². The summed E-state index contributed by atoms with van der Waals surface area (Å²) in [5.41, 5.74) is 0.